The number of nitrogens with one attached hydrogen (secondary N) is 1. The van der Waals surface area contributed by atoms with Crippen LogP contribution in [0.1, 0.15) is 41.6 Å². The molecule has 1 saturated heterocycles. The quantitative estimate of drug-likeness (QED) is 0.647. The first-order valence-corrected chi connectivity index (χ1v) is 11.6. The van der Waals surface area contributed by atoms with Crippen LogP contribution in [0, 0.1) is 0 Å². The molecule has 172 valence electrons. The molecule has 1 fully saturated rings. The van der Waals surface area contributed by atoms with Crippen molar-refractivity contribution in [2.24, 2.45) is 0 Å². The van der Waals surface area contributed by atoms with Gasteiger partial charge in [0.15, 0.2) is 11.5 Å². The van der Waals surface area contributed by atoms with Crippen LogP contribution in [-0.4, -0.2) is 55.9 Å². The molecule has 1 N–H and O–H groups in total. The molecule has 0 aliphatic carbocycles. The normalized spacial score (nSPS) is 18.7. The van der Waals surface area contributed by atoms with Crippen LogP contribution in [0.2, 0.25) is 0 Å². The lowest BCUT2D eigenvalue weighted by atomic mass is 10.1. The smallest absolute Gasteiger partial charge is 0.256 e. The van der Waals surface area contributed by atoms with Crippen molar-refractivity contribution < 1.29 is 23.8 Å². The van der Waals surface area contributed by atoms with Crippen molar-refractivity contribution in [1.29, 1.82) is 0 Å². The number of carbonyl (C=O) groups excluding carboxylic acids is 2. The zero-order chi connectivity index (χ0) is 23.3. The van der Waals surface area contributed by atoms with Gasteiger partial charge in [0.25, 0.3) is 5.91 Å². The van der Waals surface area contributed by atoms with Crippen molar-refractivity contribution in [2.75, 3.05) is 27.1 Å². The molecule has 2 amide bonds. The SMILES string of the molecule is CCC(C)NC(=O)C1CSC(c2ccccc2)N1C(=O)c1cc(OC)c(OC)c(OC)c1. The van der Waals surface area contributed by atoms with E-state index >= 15 is 0 Å². The molecule has 3 rings (SSSR count). The van der Waals surface area contributed by atoms with Crippen LogP contribution in [0.4, 0.5) is 0 Å². The molecule has 2 aromatic carbocycles. The van der Waals surface area contributed by atoms with Gasteiger partial charge in [-0.15, -0.1) is 11.8 Å². The molecule has 2 aromatic rings. The summed E-state index contributed by atoms with van der Waals surface area (Å²) in [4.78, 5) is 28.6. The second kappa shape index (κ2) is 10.6. The maximum Gasteiger partial charge on any atom is 0.256 e. The monoisotopic (exact) mass is 458 g/mol. The number of benzene rings is 2. The first kappa shape index (κ1) is 23.8. The van der Waals surface area contributed by atoms with E-state index in [0.29, 0.717) is 28.6 Å². The van der Waals surface area contributed by atoms with E-state index in [1.165, 1.54) is 21.3 Å². The third-order valence-corrected chi connectivity index (χ3v) is 6.86. The summed E-state index contributed by atoms with van der Waals surface area (Å²) in [7, 11) is 4.53. The van der Waals surface area contributed by atoms with Gasteiger partial charge in [-0.05, 0) is 31.0 Å². The lowest BCUT2D eigenvalue weighted by molar-refractivity contribution is -0.125. The van der Waals surface area contributed by atoms with Crippen LogP contribution in [0.15, 0.2) is 42.5 Å². The highest BCUT2D eigenvalue weighted by atomic mass is 32.2. The minimum Gasteiger partial charge on any atom is -0.493 e. The van der Waals surface area contributed by atoms with Crippen molar-refractivity contribution in [3.63, 3.8) is 0 Å². The molecule has 0 aromatic heterocycles. The molecule has 1 heterocycles. The summed E-state index contributed by atoms with van der Waals surface area (Å²) in [5.74, 6) is 1.28. The number of rotatable bonds is 8. The Hall–Kier alpha value is -2.87. The predicted octanol–water partition coefficient (Wildman–Crippen LogP) is 3.88. The van der Waals surface area contributed by atoms with Crippen LogP contribution in [-0.2, 0) is 4.79 Å². The summed E-state index contributed by atoms with van der Waals surface area (Å²) in [6.07, 6.45) is 0.814. The average molecular weight is 459 g/mol. The minimum absolute atomic E-state index is 0.0291. The molecule has 7 nitrogen and oxygen atoms in total. The van der Waals surface area contributed by atoms with Gasteiger partial charge in [0.05, 0.1) is 21.3 Å². The fourth-order valence-corrected chi connectivity index (χ4v) is 5.06. The van der Waals surface area contributed by atoms with Gasteiger partial charge in [0.2, 0.25) is 11.7 Å². The molecule has 1 aliphatic heterocycles. The first-order valence-electron chi connectivity index (χ1n) is 10.5. The Morgan fingerprint density at radius 2 is 1.72 bits per heavy atom. The number of nitrogens with zero attached hydrogens (tertiary/aromatic N) is 1. The first-order chi connectivity index (χ1) is 15.4. The maximum absolute atomic E-state index is 13.8. The largest absolute Gasteiger partial charge is 0.493 e. The number of thioether (sulfide) groups is 1. The van der Waals surface area contributed by atoms with E-state index in [4.69, 9.17) is 14.2 Å². The molecule has 0 bridgehead atoms. The van der Waals surface area contributed by atoms with Crippen molar-refractivity contribution in [2.45, 2.75) is 37.7 Å². The summed E-state index contributed by atoms with van der Waals surface area (Å²) < 4.78 is 16.2. The van der Waals surface area contributed by atoms with Crippen LogP contribution in [0.5, 0.6) is 17.2 Å². The number of hydrogen-bond acceptors (Lipinski definition) is 6. The maximum atomic E-state index is 13.8. The van der Waals surface area contributed by atoms with Crippen LogP contribution < -0.4 is 19.5 Å². The fraction of sp³-hybridized carbons (Fsp3) is 0.417. The van der Waals surface area contributed by atoms with Gasteiger partial charge in [0, 0.05) is 17.4 Å². The average Bonchev–Trinajstić information content (AvgIpc) is 3.28. The number of carbonyl (C=O) groups is 2. The predicted molar refractivity (Wildman–Crippen MR) is 126 cm³/mol. The molecule has 32 heavy (non-hydrogen) atoms. The van der Waals surface area contributed by atoms with E-state index in [1.807, 2.05) is 44.2 Å². The summed E-state index contributed by atoms with van der Waals surface area (Å²) in [6, 6.07) is 12.4. The van der Waals surface area contributed by atoms with Crippen LogP contribution in [0.3, 0.4) is 0 Å². The summed E-state index contributed by atoms with van der Waals surface area (Å²) >= 11 is 1.58. The topological polar surface area (TPSA) is 77.1 Å². The fourth-order valence-electron chi connectivity index (χ4n) is 3.63. The van der Waals surface area contributed by atoms with Gasteiger partial charge in [0.1, 0.15) is 11.4 Å². The highest BCUT2D eigenvalue weighted by Gasteiger charge is 2.43. The molecule has 3 unspecified atom stereocenters. The third kappa shape index (κ3) is 4.80. The second-order valence-electron chi connectivity index (χ2n) is 7.56. The zero-order valence-corrected chi connectivity index (χ0v) is 19.9. The van der Waals surface area contributed by atoms with Crippen molar-refractivity contribution in [3.8, 4) is 17.2 Å². The molecular weight excluding hydrogens is 428 g/mol. The molecule has 8 heteroatoms. The lowest BCUT2D eigenvalue weighted by Crippen LogP contribution is -2.49. The van der Waals surface area contributed by atoms with Gasteiger partial charge in [-0.1, -0.05) is 37.3 Å². The molecule has 1 aliphatic rings. The molecular formula is C24H30N2O5S. The Morgan fingerprint density at radius 3 is 2.25 bits per heavy atom. The number of ether oxygens (including phenoxy) is 3. The Kier molecular flexibility index (Phi) is 7.90. The third-order valence-electron chi connectivity index (χ3n) is 5.53. The van der Waals surface area contributed by atoms with Crippen molar-refractivity contribution >= 4 is 23.6 Å². The Morgan fingerprint density at radius 1 is 1.09 bits per heavy atom. The van der Waals surface area contributed by atoms with Crippen LogP contribution in [0.25, 0.3) is 0 Å². The minimum atomic E-state index is -0.592. The summed E-state index contributed by atoms with van der Waals surface area (Å²) in [5, 5.41) is 2.75. The number of methoxy groups -OCH3 is 3. The summed E-state index contributed by atoms with van der Waals surface area (Å²) in [5.41, 5.74) is 1.33. The van der Waals surface area contributed by atoms with E-state index in [0.717, 1.165) is 12.0 Å². The molecule has 3 atom stereocenters. The van der Waals surface area contributed by atoms with Gasteiger partial charge in [-0.3, -0.25) is 9.59 Å². The Labute approximate surface area is 193 Å². The van der Waals surface area contributed by atoms with Gasteiger partial charge in [-0.2, -0.15) is 0 Å². The van der Waals surface area contributed by atoms with Gasteiger partial charge >= 0.3 is 0 Å². The van der Waals surface area contributed by atoms with E-state index in [1.54, 1.807) is 28.8 Å². The number of amides is 2. The highest BCUT2D eigenvalue weighted by molar-refractivity contribution is 7.99. The Bertz CT molecular complexity index is 928. The standard InChI is InChI=1S/C24H30N2O5S/c1-6-15(2)25-22(27)18-14-32-24(16-10-8-7-9-11-16)26(18)23(28)17-12-19(29-3)21(31-5)20(13-17)30-4/h7-13,15,18,24H,6,14H2,1-5H3,(H,25,27). The second-order valence-corrected chi connectivity index (χ2v) is 8.67. The Balaban J connectivity index is 2.03. The zero-order valence-electron chi connectivity index (χ0n) is 19.1. The van der Waals surface area contributed by atoms with Crippen molar-refractivity contribution in [3.05, 3.63) is 53.6 Å². The highest BCUT2D eigenvalue weighted by Crippen LogP contribution is 2.44. The summed E-state index contributed by atoms with van der Waals surface area (Å²) in [6.45, 7) is 3.97. The molecule has 0 radical (unpaired) electrons. The van der Waals surface area contributed by atoms with Crippen LogP contribution >= 0.6 is 11.8 Å². The van der Waals surface area contributed by atoms with E-state index in [2.05, 4.69) is 5.32 Å². The van der Waals surface area contributed by atoms with E-state index in [9.17, 15) is 9.59 Å². The van der Waals surface area contributed by atoms with Crippen molar-refractivity contribution in [1.82, 2.24) is 10.2 Å². The van der Waals surface area contributed by atoms with Gasteiger partial charge < -0.3 is 24.4 Å². The van der Waals surface area contributed by atoms with E-state index in [-0.39, 0.29) is 23.2 Å². The van der Waals surface area contributed by atoms with Gasteiger partial charge in [-0.25, -0.2) is 0 Å². The lowest BCUT2D eigenvalue weighted by Gasteiger charge is -2.30. The van der Waals surface area contributed by atoms with E-state index < -0.39 is 6.04 Å². The number of hydrogen-bond donors (Lipinski definition) is 1. The molecule has 0 saturated carbocycles. The molecule has 0 spiro atoms.